The van der Waals surface area contributed by atoms with E-state index in [1.807, 2.05) is 35.7 Å². The summed E-state index contributed by atoms with van der Waals surface area (Å²) in [4.78, 5) is 1.01. The van der Waals surface area contributed by atoms with Crippen molar-refractivity contribution in [3.8, 4) is 5.75 Å². The Kier molecular flexibility index (Phi) is 4.02. The Labute approximate surface area is 109 Å². The molecular weight excluding hydrogens is 256 g/mol. The Morgan fingerprint density at radius 3 is 2.47 bits per heavy atom. The van der Waals surface area contributed by atoms with Crippen molar-refractivity contribution in [3.05, 3.63) is 51.2 Å². The number of ether oxygens (including phenoxy) is 1. The maximum absolute atomic E-state index is 6.11. The fourth-order valence-electron chi connectivity index (χ4n) is 1.63. The first-order valence-corrected chi connectivity index (χ1v) is 6.35. The number of rotatable bonds is 4. The second kappa shape index (κ2) is 5.51. The lowest BCUT2D eigenvalue weighted by Crippen LogP contribution is -2.28. The highest BCUT2D eigenvalue weighted by Gasteiger charge is 2.16. The molecule has 1 unspecified atom stereocenters. The third-order valence-electron chi connectivity index (χ3n) is 2.52. The van der Waals surface area contributed by atoms with Gasteiger partial charge in [-0.05, 0) is 29.1 Å². The van der Waals surface area contributed by atoms with Gasteiger partial charge in [0.2, 0.25) is 0 Å². The molecule has 5 heteroatoms. The standard InChI is InChI=1S/C12H13ClN2OS/c1-16-9-4-2-8(3-5-9)11(15-14)12-10(13)6-7-17-12/h2-7,11,15H,14H2,1H3. The zero-order valence-corrected chi connectivity index (χ0v) is 10.9. The molecule has 0 aliphatic rings. The van der Waals surface area contributed by atoms with Gasteiger partial charge < -0.3 is 4.74 Å². The molecule has 3 N–H and O–H groups in total. The number of halogens is 1. The number of hydrazine groups is 1. The molecule has 90 valence electrons. The Morgan fingerprint density at radius 2 is 2.00 bits per heavy atom. The minimum Gasteiger partial charge on any atom is -0.497 e. The van der Waals surface area contributed by atoms with Crippen LogP contribution in [0.15, 0.2) is 35.7 Å². The first kappa shape index (κ1) is 12.4. The van der Waals surface area contributed by atoms with Crippen LogP contribution in [0.5, 0.6) is 5.75 Å². The zero-order valence-electron chi connectivity index (χ0n) is 9.31. The summed E-state index contributed by atoms with van der Waals surface area (Å²) in [5.74, 6) is 6.42. The van der Waals surface area contributed by atoms with E-state index in [-0.39, 0.29) is 6.04 Å². The van der Waals surface area contributed by atoms with E-state index >= 15 is 0 Å². The molecule has 0 saturated heterocycles. The Bertz CT molecular complexity index is 484. The van der Waals surface area contributed by atoms with E-state index < -0.39 is 0 Å². The van der Waals surface area contributed by atoms with Crippen molar-refractivity contribution >= 4 is 22.9 Å². The van der Waals surface area contributed by atoms with Crippen LogP contribution in [0, 0.1) is 0 Å². The molecule has 17 heavy (non-hydrogen) atoms. The summed E-state index contributed by atoms with van der Waals surface area (Å²) in [6, 6.07) is 9.53. The smallest absolute Gasteiger partial charge is 0.118 e. The van der Waals surface area contributed by atoms with Gasteiger partial charge in [0.25, 0.3) is 0 Å². The van der Waals surface area contributed by atoms with E-state index in [4.69, 9.17) is 22.2 Å². The molecule has 3 nitrogen and oxygen atoms in total. The van der Waals surface area contributed by atoms with Gasteiger partial charge in [-0.3, -0.25) is 5.84 Å². The minimum atomic E-state index is -0.0894. The summed E-state index contributed by atoms with van der Waals surface area (Å²) >= 11 is 7.69. The summed E-state index contributed by atoms with van der Waals surface area (Å²) in [6.45, 7) is 0. The summed E-state index contributed by atoms with van der Waals surface area (Å²) in [5.41, 5.74) is 3.84. The molecule has 0 aliphatic heterocycles. The number of methoxy groups -OCH3 is 1. The average Bonchev–Trinajstić information content (AvgIpc) is 2.78. The maximum Gasteiger partial charge on any atom is 0.118 e. The first-order chi connectivity index (χ1) is 8.26. The predicted octanol–water partition coefficient (Wildman–Crippen LogP) is 2.96. The van der Waals surface area contributed by atoms with Crippen LogP contribution in [0.2, 0.25) is 5.02 Å². The lowest BCUT2D eigenvalue weighted by atomic mass is 10.1. The monoisotopic (exact) mass is 268 g/mol. The fourth-order valence-corrected chi connectivity index (χ4v) is 2.88. The molecule has 1 heterocycles. The normalized spacial score (nSPS) is 12.4. The van der Waals surface area contributed by atoms with E-state index in [0.717, 1.165) is 21.2 Å². The molecule has 0 saturated carbocycles. The summed E-state index contributed by atoms with van der Waals surface area (Å²) in [5, 5.41) is 2.68. The van der Waals surface area contributed by atoms with Gasteiger partial charge in [-0.2, -0.15) is 0 Å². The minimum absolute atomic E-state index is 0.0894. The third kappa shape index (κ3) is 2.61. The number of hydrogen-bond donors (Lipinski definition) is 2. The summed E-state index contributed by atoms with van der Waals surface area (Å²) < 4.78 is 5.12. The van der Waals surface area contributed by atoms with Crippen molar-refractivity contribution < 1.29 is 4.74 Å². The summed E-state index contributed by atoms with van der Waals surface area (Å²) in [6.07, 6.45) is 0. The van der Waals surface area contributed by atoms with Crippen LogP contribution in [0.3, 0.4) is 0 Å². The molecule has 0 spiro atoms. The quantitative estimate of drug-likeness (QED) is 0.662. The van der Waals surface area contributed by atoms with Gasteiger partial charge in [-0.25, -0.2) is 5.43 Å². The van der Waals surface area contributed by atoms with E-state index in [0.29, 0.717) is 0 Å². The lowest BCUT2D eigenvalue weighted by molar-refractivity contribution is 0.414. The third-order valence-corrected chi connectivity index (χ3v) is 3.95. The average molecular weight is 269 g/mol. The fraction of sp³-hybridized carbons (Fsp3) is 0.167. The van der Waals surface area contributed by atoms with Gasteiger partial charge in [0, 0.05) is 4.88 Å². The zero-order chi connectivity index (χ0) is 12.3. The molecule has 2 aromatic rings. The van der Waals surface area contributed by atoms with E-state index in [1.165, 1.54) is 0 Å². The second-order valence-corrected chi connectivity index (χ2v) is 4.86. The van der Waals surface area contributed by atoms with Crippen LogP contribution in [0.1, 0.15) is 16.5 Å². The van der Waals surface area contributed by atoms with Crippen LogP contribution in [0.25, 0.3) is 0 Å². The highest BCUT2D eigenvalue weighted by molar-refractivity contribution is 7.10. The molecule has 0 bridgehead atoms. The number of nitrogens with one attached hydrogen (secondary N) is 1. The Balaban J connectivity index is 2.32. The van der Waals surface area contributed by atoms with E-state index in [1.54, 1.807) is 18.4 Å². The predicted molar refractivity (Wildman–Crippen MR) is 71.5 cm³/mol. The van der Waals surface area contributed by atoms with Gasteiger partial charge in [0.1, 0.15) is 5.75 Å². The van der Waals surface area contributed by atoms with Gasteiger partial charge in [-0.1, -0.05) is 23.7 Å². The molecule has 1 aromatic carbocycles. The molecule has 0 fully saturated rings. The van der Waals surface area contributed by atoms with Crippen LogP contribution in [0.4, 0.5) is 0 Å². The molecule has 1 aromatic heterocycles. The van der Waals surface area contributed by atoms with Crippen molar-refractivity contribution in [3.63, 3.8) is 0 Å². The largest absolute Gasteiger partial charge is 0.497 e. The Hall–Kier alpha value is -1.07. The SMILES string of the molecule is COc1ccc(C(NN)c2sccc2Cl)cc1. The van der Waals surface area contributed by atoms with Gasteiger partial charge in [0.05, 0.1) is 18.2 Å². The molecule has 0 amide bonds. The first-order valence-electron chi connectivity index (χ1n) is 5.09. The molecule has 1 atom stereocenters. The van der Waals surface area contributed by atoms with Crippen molar-refractivity contribution in [2.45, 2.75) is 6.04 Å². The van der Waals surface area contributed by atoms with Crippen LogP contribution >= 0.6 is 22.9 Å². The van der Waals surface area contributed by atoms with E-state index in [9.17, 15) is 0 Å². The number of thiophene rings is 1. The van der Waals surface area contributed by atoms with Crippen molar-refractivity contribution in [2.75, 3.05) is 7.11 Å². The maximum atomic E-state index is 6.11. The van der Waals surface area contributed by atoms with Gasteiger partial charge in [-0.15, -0.1) is 11.3 Å². The van der Waals surface area contributed by atoms with Crippen molar-refractivity contribution in [2.24, 2.45) is 5.84 Å². The highest BCUT2D eigenvalue weighted by Crippen LogP contribution is 2.32. The van der Waals surface area contributed by atoms with Crippen LogP contribution < -0.4 is 16.0 Å². The molecule has 0 radical (unpaired) electrons. The Morgan fingerprint density at radius 1 is 1.29 bits per heavy atom. The molecular formula is C12H13ClN2OS. The van der Waals surface area contributed by atoms with Crippen molar-refractivity contribution in [1.29, 1.82) is 0 Å². The second-order valence-electron chi connectivity index (χ2n) is 3.51. The topological polar surface area (TPSA) is 47.3 Å². The highest BCUT2D eigenvalue weighted by atomic mass is 35.5. The van der Waals surface area contributed by atoms with Gasteiger partial charge >= 0.3 is 0 Å². The van der Waals surface area contributed by atoms with Crippen LogP contribution in [-0.4, -0.2) is 7.11 Å². The van der Waals surface area contributed by atoms with E-state index in [2.05, 4.69) is 5.43 Å². The number of benzene rings is 1. The number of hydrogen-bond acceptors (Lipinski definition) is 4. The van der Waals surface area contributed by atoms with Gasteiger partial charge in [0.15, 0.2) is 0 Å². The lowest BCUT2D eigenvalue weighted by Gasteiger charge is -2.15. The number of nitrogens with two attached hydrogens (primary N) is 1. The van der Waals surface area contributed by atoms with Crippen LogP contribution in [-0.2, 0) is 0 Å². The molecule has 0 aliphatic carbocycles. The van der Waals surface area contributed by atoms with Crippen molar-refractivity contribution in [1.82, 2.24) is 5.43 Å². The molecule has 2 rings (SSSR count). The summed E-state index contributed by atoms with van der Waals surface area (Å²) in [7, 11) is 1.64.